The van der Waals surface area contributed by atoms with Gasteiger partial charge in [-0.25, -0.2) is 14.4 Å². The molecule has 0 fully saturated rings. The highest BCUT2D eigenvalue weighted by molar-refractivity contribution is 5.86. The van der Waals surface area contributed by atoms with E-state index >= 15 is 0 Å². The van der Waals surface area contributed by atoms with Crippen molar-refractivity contribution < 1.29 is 42.9 Å². The molecule has 0 atom stereocenters. The first-order valence-corrected chi connectivity index (χ1v) is 4.53. The molecule has 0 saturated carbocycles. The molecule has 9 nitrogen and oxygen atoms in total. The minimum absolute atomic E-state index is 0.847. The van der Waals surface area contributed by atoms with Crippen molar-refractivity contribution in [2.45, 2.75) is 13.8 Å². The van der Waals surface area contributed by atoms with Gasteiger partial charge in [-0.15, -0.1) is 0 Å². The van der Waals surface area contributed by atoms with E-state index in [-0.39, 0.29) is 0 Å². The van der Waals surface area contributed by atoms with E-state index in [1.165, 1.54) is 0 Å². The molecule has 0 aliphatic carbocycles. The van der Waals surface area contributed by atoms with Crippen molar-refractivity contribution >= 4 is 30.0 Å². The average molecular weight is 262 g/mol. The lowest BCUT2D eigenvalue weighted by Crippen LogP contribution is -2.22. The Kier molecular flexibility index (Phi) is 6.71. The summed E-state index contributed by atoms with van der Waals surface area (Å²) in [4.78, 5) is 52.9. The first kappa shape index (κ1) is 15.6. The highest BCUT2D eigenvalue weighted by Crippen LogP contribution is 1.90. The molecule has 0 aromatic carbocycles. The van der Waals surface area contributed by atoms with E-state index in [0.29, 0.717) is 0 Å². The summed E-state index contributed by atoms with van der Waals surface area (Å²) in [5.41, 5.74) is 0. The van der Waals surface area contributed by atoms with E-state index in [9.17, 15) is 24.0 Å². The molecule has 0 radical (unpaired) electrons. The molecule has 0 rings (SSSR count). The first-order chi connectivity index (χ1) is 8.31. The second-order valence-electron chi connectivity index (χ2n) is 2.76. The monoisotopic (exact) mass is 262 g/mol. The molecule has 0 bridgehead atoms. The lowest BCUT2D eigenvalue weighted by atomic mass is 10.7. The van der Waals surface area contributed by atoms with Crippen LogP contribution >= 0.6 is 0 Å². The topological polar surface area (TPSA) is 122 Å². The van der Waals surface area contributed by atoms with Crippen molar-refractivity contribution in [3.63, 3.8) is 0 Å². The van der Waals surface area contributed by atoms with Gasteiger partial charge in [0.15, 0.2) is 13.2 Å². The van der Waals surface area contributed by atoms with Crippen molar-refractivity contribution in [1.82, 2.24) is 0 Å². The van der Waals surface area contributed by atoms with Gasteiger partial charge in [0.25, 0.3) is 0 Å². The standard InChI is InChI=1S/C9H10O9/c1-5(10)17-7(12)3-15-9(14)16-4-8(13)18-6(2)11/h3-4H2,1-2H3. The third-order valence-electron chi connectivity index (χ3n) is 1.13. The Hall–Kier alpha value is -2.45. The zero-order valence-electron chi connectivity index (χ0n) is 9.59. The van der Waals surface area contributed by atoms with Gasteiger partial charge in [-0.05, 0) is 0 Å². The molecule has 0 saturated heterocycles. The second-order valence-corrected chi connectivity index (χ2v) is 2.76. The molecule has 0 heterocycles. The smallest absolute Gasteiger partial charge is 0.422 e. The van der Waals surface area contributed by atoms with Gasteiger partial charge in [-0.3, -0.25) is 9.59 Å². The third kappa shape index (κ3) is 8.83. The average Bonchev–Trinajstić information content (AvgIpc) is 2.21. The van der Waals surface area contributed by atoms with Crippen molar-refractivity contribution in [2.24, 2.45) is 0 Å². The summed E-state index contributed by atoms with van der Waals surface area (Å²) in [6, 6.07) is 0. The maximum absolute atomic E-state index is 10.8. The van der Waals surface area contributed by atoms with Crippen LogP contribution in [0.2, 0.25) is 0 Å². The van der Waals surface area contributed by atoms with Crippen LogP contribution in [0, 0.1) is 0 Å². The third-order valence-corrected chi connectivity index (χ3v) is 1.13. The van der Waals surface area contributed by atoms with Gasteiger partial charge >= 0.3 is 30.0 Å². The number of carbonyl (C=O) groups is 5. The Labute approximate surface area is 101 Å². The van der Waals surface area contributed by atoms with Crippen molar-refractivity contribution in [1.29, 1.82) is 0 Å². The maximum Gasteiger partial charge on any atom is 0.509 e. The van der Waals surface area contributed by atoms with Gasteiger partial charge in [0, 0.05) is 13.8 Å². The number of carbonyl (C=O) groups excluding carboxylic acids is 5. The lowest BCUT2D eigenvalue weighted by Gasteiger charge is -2.04. The summed E-state index contributed by atoms with van der Waals surface area (Å²) in [6.45, 7) is 0.294. The highest BCUT2D eigenvalue weighted by atomic mass is 16.7. The summed E-state index contributed by atoms with van der Waals surface area (Å²) < 4.78 is 16.4. The molecule has 0 amide bonds. The molecule has 0 unspecified atom stereocenters. The Balaban J connectivity index is 3.78. The van der Waals surface area contributed by atoms with Crippen molar-refractivity contribution in [3.8, 4) is 0 Å². The Morgan fingerprint density at radius 2 is 1.06 bits per heavy atom. The zero-order valence-corrected chi connectivity index (χ0v) is 9.59. The molecule has 0 aromatic heterocycles. The molecule has 9 heteroatoms. The number of hydrogen-bond acceptors (Lipinski definition) is 9. The molecule has 0 aliphatic rings. The number of ether oxygens (including phenoxy) is 4. The van der Waals surface area contributed by atoms with Gasteiger partial charge in [0.2, 0.25) is 0 Å². The van der Waals surface area contributed by atoms with Crippen LogP contribution in [0.4, 0.5) is 4.79 Å². The van der Waals surface area contributed by atoms with E-state index in [0.717, 1.165) is 13.8 Å². The van der Waals surface area contributed by atoms with Crippen LogP contribution < -0.4 is 0 Å². The van der Waals surface area contributed by atoms with Crippen molar-refractivity contribution in [2.75, 3.05) is 13.2 Å². The van der Waals surface area contributed by atoms with E-state index in [1.807, 2.05) is 0 Å². The van der Waals surface area contributed by atoms with Gasteiger partial charge in [-0.2, -0.15) is 0 Å². The van der Waals surface area contributed by atoms with E-state index in [4.69, 9.17) is 0 Å². The van der Waals surface area contributed by atoms with E-state index in [1.54, 1.807) is 0 Å². The first-order valence-electron chi connectivity index (χ1n) is 4.53. The number of rotatable bonds is 4. The quantitative estimate of drug-likeness (QED) is 0.368. The minimum atomic E-state index is -1.35. The molecule has 100 valence electrons. The molecule has 0 N–H and O–H groups in total. The second kappa shape index (κ2) is 7.76. The Morgan fingerprint density at radius 3 is 1.33 bits per heavy atom. The predicted octanol–water partition coefficient (Wildman–Crippen LogP) is -0.681. The summed E-state index contributed by atoms with van der Waals surface area (Å²) >= 11 is 0. The maximum atomic E-state index is 10.8. The number of esters is 4. The summed E-state index contributed by atoms with van der Waals surface area (Å²) in [6.07, 6.45) is -1.35. The molecular formula is C9H10O9. The van der Waals surface area contributed by atoms with Gasteiger partial charge in [0.1, 0.15) is 0 Å². The highest BCUT2D eigenvalue weighted by Gasteiger charge is 2.14. The fourth-order valence-electron chi connectivity index (χ4n) is 0.657. The summed E-state index contributed by atoms with van der Waals surface area (Å²) in [5, 5.41) is 0. The van der Waals surface area contributed by atoms with Gasteiger partial charge < -0.3 is 18.9 Å². The lowest BCUT2D eigenvalue weighted by molar-refractivity contribution is -0.160. The van der Waals surface area contributed by atoms with Crippen LogP contribution in [0.1, 0.15) is 13.8 Å². The van der Waals surface area contributed by atoms with Gasteiger partial charge in [-0.1, -0.05) is 0 Å². The molecule has 18 heavy (non-hydrogen) atoms. The number of hydrogen-bond donors (Lipinski definition) is 0. The van der Waals surface area contributed by atoms with E-state index in [2.05, 4.69) is 18.9 Å². The molecule has 0 aromatic rings. The summed E-state index contributed by atoms with van der Waals surface area (Å²) in [5.74, 6) is -3.90. The van der Waals surface area contributed by atoms with Crippen LogP contribution in [0.15, 0.2) is 0 Å². The van der Waals surface area contributed by atoms with Crippen LogP contribution in [-0.2, 0) is 38.1 Å². The zero-order chi connectivity index (χ0) is 14.1. The summed E-state index contributed by atoms with van der Waals surface area (Å²) in [7, 11) is 0. The van der Waals surface area contributed by atoms with E-state index < -0.39 is 43.2 Å². The van der Waals surface area contributed by atoms with Crippen LogP contribution in [0.3, 0.4) is 0 Å². The van der Waals surface area contributed by atoms with Crippen LogP contribution in [0.25, 0.3) is 0 Å². The largest absolute Gasteiger partial charge is 0.509 e. The van der Waals surface area contributed by atoms with Crippen molar-refractivity contribution in [3.05, 3.63) is 0 Å². The predicted molar refractivity (Wildman–Crippen MR) is 50.8 cm³/mol. The molecule has 0 aliphatic heterocycles. The van der Waals surface area contributed by atoms with Crippen LogP contribution in [-0.4, -0.2) is 43.2 Å². The SMILES string of the molecule is CC(=O)OC(=O)COC(=O)OCC(=O)OC(C)=O. The fraction of sp³-hybridized carbons (Fsp3) is 0.444. The van der Waals surface area contributed by atoms with Crippen LogP contribution in [0.5, 0.6) is 0 Å². The molecular weight excluding hydrogens is 252 g/mol. The minimum Gasteiger partial charge on any atom is -0.422 e. The Morgan fingerprint density at radius 1 is 0.722 bits per heavy atom. The Bertz CT molecular complexity index is 336. The normalized spacial score (nSPS) is 9.00. The fourth-order valence-corrected chi connectivity index (χ4v) is 0.657. The molecule has 0 spiro atoms. The van der Waals surface area contributed by atoms with Gasteiger partial charge in [0.05, 0.1) is 0 Å².